The van der Waals surface area contributed by atoms with Crippen LogP contribution in [0, 0.1) is 0 Å². The van der Waals surface area contributed by atoms with Gasteiger partial charge in [-0.05, 0) is 56.2 Å². The van der Waals surface area contributed by atoms with Crippen molar-refractivity contribution < 1.29 is 14.3 Å². The lowest BCUT2D eigenvalue weighted by molar-refractivity contribution is -0.134. The Morgan fingerprint density at radius 1 is 1.21 bits per heavy atom. The van der Waals surface area contributed by atoms with E-state index in [4.69, 9.17) is 4.74 Å². The first kappa shape index (κ1) is 20.4. The van der Waals surface area contributed by atoms with Gasteiger partial charge in [0.2, 0.25) is 5.91 Å². The number of fused-ring (bicyclic) bond motifs is 1. The highest BCUT2D eigenvalue weighted by Gasteiger charge is 2.31. The number of ether oxygens (including phenoxy) is 1. The molecule has 5 nitrogen and oxygen atoms in total. The van der Waals surface area contributed by atoms with E-state index in [2.05, 4.69) is 28.9 Å². The lowest BCUT2D eigenvalue weighted by Gasteiger charge is -2.36. The zero-order valence-electron chi connectivity index (χ0n) is 16.7. The number of thiophene rings is 1. The first-order valence-corrected chi connectivity index (χ1v) is 10.6. The average molecular weight is 401 g/mol. The normalized spacial score (nSPS) is 16.4. The third kappa shape index (κ3) is 5.35. The van der Waals surface area contributed by atoms with Crippen LogP contribution in [0.2, 0.25) is 0 Å². The molecule has 3 rings (SSSR count). The van der Waals surface area contributed by atoms with Crippen LogP contribution in [0.3, 0.4) is 0 Å². The third-order valence-electron chi connectivity index (χ3n) is 4.69. The molecular formula is C22H28N2O3S. The van der Waals surface area contributed by atoms with E-state index in [9.17, 15) is 9.59 Å². The first-order chi connectivity index (χ1) is 13.3. The van der Waals surface area contributed by atoms with Gasteiger partial charge in [-0.15, -0.1) is 11.3 Å². The molecule has 1 aromatic heterocycles. The molecule has 0 saturated carbocycles. The molecule has 6 heteroatoms. The van der Waals surface area contributed by atoms with E-state index in [0.717, 1.165) is 19.4 Å². The monoisotopic (exact) mass is 400 g/mol. The second kappa shape index (κ2) is 8.78. The summed E-state index contributed by atoms with van der Waals surface area (Å²) in [7, 11) is 0. The van der Waals surface area contributed by atoms with Gasteiger partial charge in [0.15, 0.2) is 0 Å². The number of alkyl carbamates (subject to hydrolysis) is 1. The zero-order chi connectivity index (χ0) is 20.1. The van der Waals surface area contributed by atoms with Crippen LogP contribution < -0.4 is 5.32 Å². The molecule has 150 valence electrons. The van der Waals surface area contributed by atoms with Crippen molar-refractivity contribution in [2.24, 2.45) is 0 Å². The zero-order valence-corrected chi connectivity index (χ0v) is 17.6. The molecule has 1 aliphatic heterocycles. The van der Waals surface area contributed by atoms with Crippen LogP contribution in [0.4, 0.5) is 4.79 Å². The molecule has 0 saturated heterocycles. The number of benzene rings is 1. The Kier molecular flexibility index (Phi) is 6.39. The number of amides is 2. The van der Waals surface area contributed by atoms with Crippen LogP contribution in [0.25, 0.3) is 0 Å². The summed E-state index contributed by atoms with van der Waals surface area (Å²) < 4.78 is 5.23. The topological polar surface area (TPSA) is 58.6 Å². The van der Waals surface area contributed by atoms with E-state index in [1.165, 1.54) is 16.0 Å². The van der Waals surface area contributed by atoms with Crippen molar-refractivity contribution in [3.63, 3.8) is 0 Å². The van der Waals surface area contributed by atoms with Crippen LogP contribution in [0.1, 0.15) is 49.2 Å². The Morgan fingerprint density at radius 3 is 2.68 bits per heavy atom. The Morgan fingerprint density at radius 2 is 1.96 bits per heavy atom. The molecule has 1 atom stereocenters. The smallest absolute Gasteiger partial charge is 0.407 e. The van der Waals surface area contributed by atoms with Gasteiger partial charge in [0.05, 0.1) is 6.04 Å². The predicted molar refractivity (Wildman–Crippen MR) is 111 cm³/mol. The number of carbonyl (C=O) groups excluding carboxylic acids is 2. The molecule has 0 spiro atoms. The van der Waals surface area contributed by atoms with Crippen molar-refractivity contribution in [3.05, 3.63) is 57.8 Å². The van der Waals surface area contributed by atoms with E-state index < -0.39 is 11.7 Å². The summed E-state index contributed by atoms with van der Waals surface area (Å²) in [5.74, 6) is 0.0637. The number of hydrogen-bond acceptors (Lipinski definition) is 4. The molecule has 0 aliphatic carbocycles. The van der Waals surface area contributed by atoms with Crippen molar-refractivity contribution in [2.75, 3.05) is 13.1 Å². The molecular weight excluding hydrogens is 372 g/mol. The van der Waals surface area contributed by atoms with E-state index in [-0.39, 0.29) is 24.9 Å². The van der Waals surface area contributed by atoms with Crippen molar-refractivity contribution in [2.45, 2.75) is 51.7 Å². The fraction of sp³-hybridized carbons (Fsp3) is 0.455. The van der Waals surface area contributed by atoms with Crippen molar-refractivity contribution >= 4 is 23.3 Å². The molecule has 0 bridgehead atoms. The van der Waals surface area contributed by atoms with Crippen LogP contribution in [0.5, 0.6) is 0 Å². The number of hydrogen-bond donors (Lipinski definition) is 1. The summed E-state index contributed by atoms with van der Waals surface area (Å²) >= 11 is 1.77. The van der Waals surface area contributed by atoms with Crippen LogP contribution in [-0.2, 0) is 22.4 Å². The molecule has 28 heavy (non-hydrogen) atoms. The third-order valence-corrected chi connectivity index (χ3v) is 5.69. The first-order valence-electron chi connectivity index (χ1n) is 9.70. The molecule has 0 fully saturated rings. The molecule has 2 heterocycles. The maximum absolute atomic E-state index is 12.9. The SMILES string of the molecule is CC(C)(C)OC(=O)NCCC(=O)N1CCc2sccc2C1Cc1ccccc1. The van der Waals surface area contributed by atoms with E-state index >= 15 is 0 Å². The summed E-state index contributed by atoms with van der Waals surface area (Å²) in [4.78, 5) is 28.1. The fourth-order valence-corrected chi connectivity index (χ4v) is 4.41. The van der Waals surface area contributed by atoms with Crippen molar-refractivity contribution in [3.8, 4) is 0 Å². The molecule has 1 unspecified atom stereocenters. The Hall–Kier alpha value is -2.34. The van der Waals surface area contributed by atoms with E-state index in [1.54, 1.807) is 11.3 Å². The number of rotatable bonds is 5. The minimum absolute atomic E-state index is 0.0476. The van der Waals surface area contributed by atoms with E-state index in [1.807, 2.05) is 43.9 Å². The lowest BCUT2D eigenvalue weighted by Crippen LogP contribution is -2.42. The minimum atomic E-state index is -0.545. The van der Waals surface area contributed by atoms with Crippen LogP contribution in [0.15, 0.2) is 41.8 Å². The van der Waals surface area contributed by atoms with Gasteiger partial charge in [-0.2, -0.15) is 0 Å². The quantitative estimate of drug-likeness (QED) is 0.813. The highest BCUT2D eigenvalue weighted by molar-refractivity contribution is 7.10. The largest absolute Gasteiger partial charge is 0.444 e. The summed E-state index contributed by atoms with van der Waals surface area (Å²) in [6, 6.07) is 12.5. The molecule has 2 aromatic rings. The maximum atomic E-state index is 12.9. The second-order valence-corrected chi connectivity index (χ2v) is 9.02. The van der Waals surface area contributed by atoms with Gasteiger partial charge < -0.3 is 15.0 Å². The number of nitrogens with zero attached hydrogens (tertiary/aromatic N) is 1. The van der Waals surface area contributed by atoms with Gasteiger partial charge in [-0.1, -0.05) is 30.3 Å². The van der Waals surface area contributed by atoms with Gasteiger partial charge in [0.1, 0.15) is 5.60 Å². The fourth-order valence-electron chi connectivity index (χ4n) is 3.48. The van der Waals surface area contributed by atoms with Crippen molar-refractivity contribution in [1.29, 1.82) is 0 Å². The molecule has 2 amide bonds. The maximum Gasteiger partial charge on any atom is 0.407 e. The van der Waals surface area contributed by atoms with Gasteiger partial charge >= 0.3 is 6.09 Å². The highest BCUT2D eigenvalue weighted by atomic mass is 32.1. The average Bonchev–Trinajstić information content (AvgIpc) is 3.10. The Bertz CT molecular complexity index is 811. The van der Waals surface area contributed by atoms with E-state index in [0.29, 0.717) is 0 Å². The predicted octanol–water partition coefficient (Wildman–Crippen LogP) is 4.33. The summed E-state index contributed by atoms with van der Waals surface area (Å²) in [5, 5.41) is 4.79. The summed E-state index contributed by atoms with van der Waals surface area (Å²) in [5.41, 5.74) is 1.93. The van der Waals surface area contributed by atoms with Gasteiger partial charge in [0, 0.05) is 24.4 Å². The number of carbonyl (C=O) groups is 2. The standard InChI is InChI=1S/C22H28N2O3S/c1-22(2,3)27-21(26)23-12-9-20(25)24-13-10-19-17(11-14-28-19)18(24)15-16-7-5-4-6-8-16/h4-8,11,14,18H,9-10,12-13,15H2,1-3H3,(H,23,26). The van der Waals surface area contributed by atoms with Crippen molar-refractivity contribution in [1.82, 2.24) is 10.2 Å². The number of nitrogens with one attached hydrogen (secondary N) is 1. The highest BCUT2D eigenvalue weighted by Crippen LogP contribution is 2.35. The molecule has 1 aliphatic rings. The second-order valence-electron chi connectivity index (χ2n) is 8.02. The summed E-state index contributed by atoms with van der Waals surface area (Å²) in [6.45, 7) is 6.45. The minimum Gasteiger partial charge on any atom is -0.444 e. The van der Waals surface area contributed by atoms with Gasteiger partial charge in [-0.3, -0.25) is 4.79 Å². The Balaban J connectivity index is 1.64. The van der Waals surface area contributed by atoms with Crippen LogP contribution in [-0.4, -0.2) is 35.6 Å². The summed E-state index contributed by atoms with van der Waals surface area (Å²) in [6.07, 6.45) is 1.48. The van der Waals surface area contributed by atoms with Gasteiger partial charge in [-0.25, -0.2) is 4.79 Å². The van der Waals surface area contributed by atoms with Gasteiger partial charge in [0.25, 0.3) is 0 Å². The molecule has 1 aromatic carbocycles. The van der Waals surface area contributed by atoms with Crippen LogP contribution >= 0.6 is 11.3 Å². The molecule has 0 radical (unpaired) electrons. The Labute approximate surface area is 170 Å². The lowest BCUT2D eigenvalue weighted by atomic mass is 9.93. The molecule has 1 N–H and O–H groups in total.